The molecule has 1 aliphatic rings. The van der Waals surface area contributed by atoms with Crippen molar-refractivity contribution in [2.75, 3.05) is 0 Å². The number of benzene rings is 1. The minimum atomic E-state index is -4.50. The van der Waals surface area contributed by atoms with Crippen molar-refractivity contribution in [2.45, 2.75) is 42.8 Å². The van der Waals surface area contributed by atoms with Crippen molar-refractivity contribution in [2.24, 2.45) is 0 Å². The predicted octanol–water partition coefficient (Wildman–Crippen LogP) is 3.90. The number of hydrogen-bond acceptors (Lipinski definition) is 5. The lowest BCUT2D eigenvalue weighted by Crippen LogP contribution is -2.19. The van der Waals surface area contributed by atoms with Gasteiger partial charge in [-0.2, -0.15) is 13.2 Å². The van der Waals surface area contributed by atoms with Crippen LogP contribution in [0.5, 0.6) is 0 Å². The van der Waals surface area contributed by atoms with Gasteiger partial charge in [-0.1, -0.05) is 23.9 Å². The van der Waals surface area contributed by atoms with Crippen molar-refractivity contribution >= 4 is 22.7 Å². The highest BCUT2D eigenvalue weighted by atomic mass is 32.2. The Bertz CT molecular complexity index is 1060. The number of H-pyrrole nitrogens is 1. The Morgan fingerprint density at radius 1 is 1.07 bits per heavy atom. The zero-order valence-electron chi connectivity index (χ0n) is 14.1. The van der Waals surface area contributed by atoms with Gasteiger partial charge in [-0.3, -0.25) is 4.79 Å². The number of halogens is 3. The molecule has 140 valence electrons. The number of para-hydroxylation sites is 1. The van der Waals surface area contributed by atoms with E-state index in [2.05, 4.69) is 19.9 Å². The van der Waals surface area contributed by atoms with Crippen LogP contribution in [0.25, 0.3) is 10.9 Å². The lowest BCUT2D eigenvalue weighted by molar-refractivity contribution is -0.142. The Kier molecular flexibility index (Phi) is 4.63. The maximum atomic E-state index is 13.4. The van der Waals surface area contributed by atoms with E-state index in [1.165, 1.54) is 0 Å². The van der Waals surface area contributed by atoms with Crippen LogP contribution in [-0.4, -0.2) is 19.9 Å². The van der Waals surface area contributed by atoms with E-state index in [4.69, 9.17) is 0 Å². The first-order valence-electron chi connectivity index (χ1n) is 8.49. The second-order valence-electron chi connectivity index (χ2n) is 6.30. The van der Waals surface area contributed by atoms with Crippen LogP contribution in [0, 0.1) is 0 Å². The zero-order valence-corrected chi connectivity index (χ0v) is 15.0. The summed E-state index contributed by atoms with van der Waals surface area (Å²) >= 11 is 1.04. The summed E-state index contributed by atoms with van der Waals surface area (Å²) in [6.07, 6.45) is -2.08. The van der Waals surface area contributed by atoms with Crippen LogP contribution in [0.15, 0.2) is 34.2 Å². The van der Waals surface area contributed by atoms with Crippen molar-refractivity contribution in [1.29, 1.82) is 0 Å². The lowest BCUT2D eigenvalue weighted by atomic mass is 9.94. The van der Waals surface area contributed by atoms with Crippen LogP contribution < -0.4 is 5.56 Å². The summed E-state index contributed by atoms with van der Waals surface area (Å²) < 4.78 is 40.2. The molecular formula is C18H15F3N4OS. The highest BCUT2D eigenvalue weighted by molar-refractivity contribution is 7.98. The van der Waals surface area contributed by atoms with Crippen molar-refractivity contribution in [3.05, 3.63) is 57.4 Å². The fourth-order valence-corrected chi connectivity index (χ4v) is 3.94. The van der Waals surface area contributed by atoms with Crippen molar-refractivity contribution in [3.8, 4) is 0 Å². The summed E-state index contributed by atoms with van der Waals surface area (Å²) in [5, 5.41) is 0.523. The molecule has 0 amide bonds. The van der Waals surface area contributed by atoms with Gasteiger partial charge in [0.1, 0.15) is 5.82 Å². The summed E-state index contributed by atoms with van der Waals surface area (Å²) in [6, 6.07) is 6.90. The molecule has 0 atom stereocenters. The van der Waals surface area contributed by atoms with Gasteiger partial charge in [0.15, 0.2) is 10.9 Å². The molecule has 2 heterocycles. The molecule has 9 heteroatoms. The molecule has 0 aliphatic heterocycles. The molecule has 5 nitrogen and oxygen atoms in total. The van der Waals surface area contributed by atoms with Crippen LogP contribution in [0.1, 0.15) is 35.6 Å². The average Bonchev–Trinajstić information content (AvgIpc) is 2.65. The van der Waals surface area contributed by atoms with Gasteiger partial charge in [0.05, 0.1) is 16.7 Å². The van der Waals surface area contributed by atoms with E-state index in [-0.39, 0.29) is 22.0 Å². The highest BCUT2D eigenvalue weighted by Gasteiger charge is 2.38. The summed E-state index contributed by atoms with van der Waals surface area (Å²) in [5.74, 6) is 0.550. The van der Waals surface area contributed by atoms with E-state index >= 15 is 0 Å². The smallest absolute Gasteiger partial charge is 0.309 e. The Balaban J connectivity index is 1.64. The van der Waals surface area contributed by atoms with Gasteiger partial charge in [-0.05, 0) is 37.8 Å². The summed E-state index contributed by atoms with van der Waals surface area (Å²) in [7, 11) is 0. The van der Waals surface area contributed by atoms with Gasteiger partial charge in [0.25, 0.3) is 5.56 Å². The predicted molar refractivity (Wildman–Crippen MR) is 95.6 cm³/mol. The number of aryl methyl sites for hydroxylation is 1. The Morgan fingerprint density at radius 2 is 1.85 bits per heavy atom. The van der Waals surface area contributed by atoms with Crippen LogP contribution in [-0.2, 0) is 24.8 Å². The largest absolute Gasteiger partial charge is 0.433 e. The number of aromatic amines is 1. The summed E-state index contributed by atoms with van der Waals surface area (Å²) in [5.41, 5.74) is 0.119. The minimum absolute atomic E-state index is 0.0544. The van der Waals surface area contributed by atoms with Gasteiger partial charge >= 0.3 is 6.18 Å². The van der Waals surface area contributed by atoms with Crippen LogP contribution in [0.4, 0.5) is 13.2 Å². The second-order valence-corrected chi connectivity index (χ2v) is 7.25. The Hall–Kier alpha value is -2.42. The van der Waals surface area contributed by atoms with Crippen LogP contribution in [0.2, 0.25) is 0 Å². The molecule has 1 N–H and O–H groups in total. The Morgan fingerprint density at radius 3 is 2.67 bits per heavy atom. The number of alkyl halides is 3. The molecule has 0 saturated carbocycles. The number of thioether (sulfide) groups is 1. The SMILES string of the molecule is O=c1[nH]c(CSc2nc3c(c(C(F)(F)F)n2)CCCC3)nc2ccccc12. The van der Waals surface area contributed by atoms with E-state index < -0.39 is 11.9 Å². The number of fused-ring (bicyclic) bond motifs is 2. The third-order valence-corrected chi connectivity index (χ3v) is 5.29. The molecule has 0 bridgehead atoms. The topological polar surface area (TPSA) is 71.5 Å². The zero-order chi connectivity index (χ0) is 19.0. The summed E-state index contributed by atoms with van der Waals surface area (Å²) in [4.78, 5) is 27.2. The molecule has 4 rings (SSSR count). The third kappa shape index (κ3) is 3.69. The van der Waals surface area contributed by atoms with E-state index in [0.717, 1.165) is 18.2 Å². The summed E-state index contributed by atoms with van der Waals surface area (Å²) in [6.45, 7) is 0. The molecular weight excluding hydrogens is 377 g/mol. The van der Waals surface area contributed by atoms with Crippen molar-refractivity contribution in [1.82, 2.24) is 19.9 Å². The number of nitrogens with zero attached hydrogens (tertiary/aromatic N) is 3. The fourth-order valence-electron chi connectivity index (χ4n) is 3.21. The first-order valence-corrected chi connectivity index (χ1v) is 9.48. The number of rotatable bonds is 3. The molecule has 1 aliphatic carbocycles. The van der Waals surface area contributed by atoms with E-state index in [0.29, 0.717) is 41.7 Å². The van der Waals surface area contributed by atoms with Gasteiger partial charge in [-0.15, -0.1) is 0 Å². The first-order chi connectivity index (χ1) is 12.9. The number of nitrogens with one attached hydrogen (secondary N) is 1. The molecule has 0 saturated heterocycles. The van der Waals surface area contributed by atoms with Crippen molar-refractivity contribution in [3.63, 3.8) is 0 Å². The van der Waals surface area contributed by atoms with Gasteiger partial charge in [0.2, 0.25) is 0 Å². The molecule has 1 aromatic carbocycles. The van der Waals surface area contributed by atoms with Crippen LogP contribution in [0.3, 0.4) is 0 Å². The monoisotopic (exact) mass is 392 g/mol. The maximum Gasteiger partial charge on any atom is 0.433 e. The molecule has 2 aromatic heterocycles. The van der Waals surface area contributed by atoms with Gasteiger partial charge in [0, 0.05) is 11.3 Å². The van der Waals surface area contributed by atoms with Gasteiger partial charge in [-0.25, -0.2) is 15.0 Å². The normalized spacial score (nSPS) is 14.3. The van der Waals surface area contributed by atoms with Crippen molar-refractivity contribution < 1.29 is 13.2 Å². The second kappa shape index (κ2) is 6.95. The van der Waals surface area contributed by atoms with E-state index in [1.807, 2.05) is 0 Å². The quantitative estimate of drug-likeness (QED) is 0.541. The molecule has 0 spiro atoms. The first kappa shape index (κ1) is 18.0. The Labute approximate surface area is 156 Å². The van der Waals surface area contributed by atoms with Crippen LogP contribution >= 0.6 is 11.8 Å². The molecule has 27 heavy (non-hydrogen) atoms. The molecule has 3 aromatic rings. The number of hydrogen-bond donors (Lipinski definition) is 1. The third-order valence-electron chi connectivity index (χ3n) is 4.43. The molecule has 0 unspecified atom stereocenters. The average molecular weight is 392 g/mol. The lowest BCUT2D eigenvalue weighted by Gasteiger charge is -2.20. The highest BCUT2D eigenvalue weighted by Crippen LogP contribution is 2.36. The maximum absolute atomic E-state index is 13.4. The number of aromatic nitrogens is 4. The van der Waals surface area contributed by atoms with E-state index in [9.17, 15) is 18.0 Å². The minimum Gasteiger partial charge on any atom is -0.309 e. The van der Waals surface area contributed by atoms with E-state index in [1.54, 1.807) is 24.3 Å². The fraction of sp³-hybridized carbons (Fsp3) is 0.333. The molecule has 0 radical (unpaired) electrons. The van der Waals surface area contributed by atoms with Gasteiger partial charge < -0.3 is 4.98 Å². The molecule has 0 fully saturated rings. The standard InChI is InChI=1S/C18H15F3N4OS/c19-18(20,21)15-10-5-1-3-7-12(10)23-17(25-15)27-9-14-22-13-8-4-2-6-11(13)16(26)24-14/h2,4,6,8H,1,3,5,7,9H2,(H,22,24,26).